The van der Waals surface area contributed by atoms with Crippen molar-refractivity contribution in [3.05, 3.63) is 0 Å². The lowest BCUT2D eigenvalue weighted by molar-refractivity contribution is -0.131. The van der Waals surface area contributed by atoms with E-state index in [1.165, 1.54) is 0 Å². The Morgan fingerprint density at radius 1 is 1.22 bits per heavy atom. The number of nitrogens with two attached hydrogens (primary N) is 1. The molecule has 1 rings (SSSR count). The molecule has 1 fully saturated rings. The van der Waals surface area contributed by atoms with Gasteiger partial charge in [0.2, 0.25) is 5.91 Å². The lowest BCUT2D eigenvalue weighted by Crippen LogP contribution is -2.46. The van der Waals surface area contributed by atoms with Crippen LogP contribution in [0.3, 0.4) is 0 Å². The normalized spacial score (nSPS) is 17.8. The van der Waals surface area contributed by atoms with Crippen LogP contribution in [0, 0.1) is 0 Å². The minimum Gasteiger partial charge on any atom is -0.343 e. The summed E-state index contributed by atoms with van der Waals surface area (Å²) in [5, 5.41) is 0. The first-order valence-corrected chi connectivity index (χ1v) is 7.33. The SMILES string of the molecule is CCC(CC)N(C)C(CN)CC(=O)N1CCCC1. The molecule has 0 bridgehead atoms. The average molecular weight is 255 g/mol. The van der Waals surface area contributed by atoms with Gasteiger partial charge < -0.3 is 10.6 Å². The Balaban J connectivity index is 2.51. The zero-order valence-electron chi connectivity index (χ0n) is 12.2. The minimum atomic E-state index is 0.183. The summed E-state index contributed by atoms with van der Waals surface area (Å²) in [5.41, 5.74) is 5.86. The molecule has 1 aliphatic rings. The van der Waals surface area contributed by atoms with Gasteiger partial charge in [-0.2, -0.15) is 0 Å². The molecular weight excluding hydrogens is 226 g/mol. The lowest BCUT2D eigenvalue weighted by Gasteiger charge is -2.34. The Labute approximate surface area is 111 Å². The predicted molar refractivity (Wildman–Crippen MR) is 75.4 cm³/mol. The molecule has 2 N–H and O–H groups in total. The Kier molecular flexibility index (Phi) is 6.65. The van der Waals surface area contributed by atoms with E-state index in [2.05, 4.69) is 25.8 Å². The van der Waals surface area contributed by atoms with E-state index in [0.29, 0.717) is 19.0 Å². The Bertz CT molecular complexity index is 247. The van der Waals surface area contributed by atoms with Crippen LogP contribution in [0.25, 0.3) is 0 Å². The summed E-state index contributed by atoms with van der Waals surface area (Å²) < 4.78 is 0. The summed E-state index contributed by atoms with van der Waals surface area (Å²) in [6.07, 6.45) is 5.11. The summed E-state index contributed by atoms with van der Waals surface area (Å²) >= 11 is 0. The molecule has 1 amide bonds. The van der Waals surface area contributed by atoms with Crippen LogP contribution in [0.2, 0.25) is 0 Å². The van der Waals surface area contributed by atoms with E-state index in [1.807, 2.05) is 4.90 Å². The number of rotatable bonds is 7. The van der Waals surface area contributed by atoms with Crippen molar-refractivity contribution in [2.75, 3.05) is 26.7 Å². The van der Waals surface area contributed by atoms with Crippen LogP contribution in [0.15, 0.2) is 0 Å². The quantitative estimate of drug-likeness (QED) is 0.749. The van der Waals surface area contributed by atoms with E-state index in [4.69, 9.17) is 5.73 Å². The maximum Gasteiger partial charge on any atom is 0.224 e. The third-order valence-corrected chi connectivity index (χ3v) is 4.24. The van der Waals surface area contributed by atoms with Crippen LogP contribution in [-0.4, -0.2) is 54.5 Å². The van der Waals surface area contributed by atoms with E-state index in [0.717, 1.165) is 38.8 Å². The van der Waals surface area contributed by atoms with Crippen LogP contribution >= 0.6 is 0 Å². The van der Waals surface area contributed by atoms with Gasteiger partial charge in [0, 0.05) is 38.1 Å². The van der Waals surface area contributed by atoms with E-state index >= 15 is 0 Å². The molecule has 1 aliphatic heterocycles. The van der Waals surface area contributed by atoms with Gasteiger partial charge >= 0.3 is 0 Å². The van der Waals surface area contributed by atoms with Crippen molar-refractivity contribution < 1.29 is 4.79 Å². The number of amides is 1. The molecule has 0 aromatic heterocycles. The van der Waals surface area contributed by atoms with Gasteiger partial charge in [-0.3, -0.25) is 9.69 Å². The molecule has 0 radical (unpaired) electrons. The predicted octanol–water partition coefficient (Wildman–Crippen LogP) is 1.45. The molecule has 0 aromatic rings. The van der Waals surface area contributed by atoms with E-state index in [1.54, 1.807) is 0 Å². The third-order valence-electron chi connectivity index (χ3n) is 4.24. The Hall–Kier alpha value is -0.610. The van der Waals surface area contributed by atoms with Gasteiger partial charge in [-0.15, -0.1) is 0 Å². The maximum atomic E-state index is 12.2. The second-order valence-electron chi connectivity index (χ2n) is 5.32. The molecule has 1 saturated heterocycles. The fourth-order valence-electron chi connectivity index (χ4n) is 2.85. The van der Waals surface area contributed by atoms with Crippen LogP contribution in [0.4, 0.5) is 0 Å². The average Bonchev–Trinajstić information content (AvgIpc) is 2.90. The standard InChI is InChI=1S/C14H29N3O/c1-4-12(5-2)16(3)13(11-15)10-14(18)17-8-6-7-9-17/h12-13H,4-11,15H2,1-3H3. The minimum absolute atomic E-state index is 0.183. The molecule has 4 nitrogen and oxygen atoms in total. The number of nitrogens with zero attached hydrogens (tertiary/aromatic N) is 2. The number of likely N-dealkylation sites (tertiary alicyclic amines) is 1. The molecule has 18 heavy (non-hydrogen) atoms. The molecule has 1 atom stereocenters. The number of carbonyl (C=O) groups excluding carboxylic acids is 1. The largest absolute Gasteiger partial charge is 0.343 e. The molecule has 0 aliphatic carbocycles. The van der Waals surface area contributed by atoms with Crippen LogP contribution < -0.4 is 5.73 Å². The van der Waals surface area contributed by atoms with Crippen molar-refractivity contribution in [2.24, 2.45) is 5.73 Å². The van der Waals surface area contributed by atoms with Crippen LogP contribution in [0.1, 0.15) is 46.0 Å². The summed E-state index contributed by atoms with van der Waals surface area (Å²) in [6.45, 7) is 6.82. The Morgan fingerprint density at radius 3 is 2.22 bits per heavy atom. The third kappa shape index (κ3) is 3.95. The van der Waals surface area contributed by atoms with Crippen molar-refractivity contribution in [2.45, 2.75) is 58.0 Å². The van der Waals surface area contributed by atoms with Crippen molar-refractivity contribution in [3.63, 3.8) is 0 Å². The molecule has 0 spiro atoms. The molecule has 0 aromatic carbocycles. The van der Waals surface area contributed by atoms with Crippen molar-refractivity contribution in [1.29, 1.82) is 0 Å². The first kappa shape index (κ1) is 15.4. The smallest absolute Gasteiger partial charge is 0.224 e. The molecule has 4 heteroatoms. The zero-order chi connectivity index (χ0) is 13.5. The monoisotopic (exact) mass is 255 g/mol. The van der Waals surface area contributed by atoms with Gasteiger partial charge in [0.25, 0.3) is 0 Å². The van der Waals surface area contributed by atoms with Crippen molar-refractivity contribution in [3.8, 4) is 0 Å². The highest BCUT2D eigenvalue weighted by Gasteiger charge is 2.25. The second kappa shape index (κ2) is 7.74. The summed E-state index contributed by atoms with van der Waals surface area (Å²) in [7, 11) is 2.10. The van der Waals surface area contributed by atoms with Gasteiger partial charge in [-0.05, 0) is 32.7 Å². The maximum absolute atomic E-state index is 12.2. The first-order chi connectivity index (χ1) is 8.63. The van der Waals surface area contributed by atoms with Gasteiger partial charge in [0.05, 0.1) is 0 Å². The second-order valence-corrected chi connectivity index (χ2v) is 5.32. The molecule has 0 saturated carbocycles. The number of likely N-dealkylation sites (N-methyl/N-ethyl adjacent to an activating group) is 1. The highest BCUT2D eigenvalue weighted by molar-refractivity contribution is 5.77. The van der Waals surface area contributed by atoms with Gasteiger partial charge in [0.15, 0.2) is 0 Å². The fraction of sp³-hybridized carbons (Fsp3) is 0.929. The highest BCUT2D eigenvalue weighted by atomic mass is 16.2. The molecule has 1 unspecified atom stereocenters. The highest BCUT2D eigenvalue weighted by Crippen LogP contribution is 2.15. The van der Waals surface area contributed by atoms with Crippen molar-refractivity contribution >= 4 is 5.91 Å². The zero-order valence-corrected chi connectivity index (χ0v) is 12.2. The molecule has 106 valence electrons. The number of carbonyl (C=O) groups is 1. The number of hydrogen-bond donors (Lipinski definition) is 1. The van der Waals surface area contributed by atoms with Gasteiger partial charge in [-0.25, -0.2) is 0 Å². The molecular formula is C14H29N3O. The topological polar surface area (TPSA) is 49.6 Å². The fourth-order valence-corrected chi connectivity index (χ4v) is 2.85. The summed E-state index contributed by atoms with van der Waals surface area (Å²) in [6, 6.07) is 0.716. The van der Waals surface area contributed by atoms with Crippen LogP contribution in [0.5, 0.6) is 0 Å². The lowest BCUT2D eigenvalue weighted by atomic mass is 10.1. The Morgan fingerprint density at radius 2 is 1.78 bits per heavy atom. The van der Waals surface area contributed by atoms with Gasteiger partial charge in [-0.1, -0.05) is 13.8 Å². The van der Waals surface area contributed by atoms with E-state index in [9.17, 15) is 4.79 Å². The molecule has 1 heterocycles. The van der Waals surface area contributed by atoms with Gasteiger partial charge in [0.1, 0.15) is 0 Å². The van der Waals surface area contributed by atoms with E-state index in [-0.39, 0.29) is 11.9 Å². The first-order valence-electron chi connectivity index (χ1n) is 7.33. The van der Waals surface area contributed by atoms with Crippen molar-refractivity contribution in [1.82, 2.24) is 9.80 Å². The summed E-state index contributed by atoms with van der Waals surface area (Å²) in [4.78, 5) is 16.5. The van der Waals surface area contributed by atoms with Crippen LogP contribution in [-0.2, 0) is 4.79 Å². The summed E-state index contributed by atoms with van der Waals surface area (Å²) in [5.74, 6) is 0.278. The number of hydrogen-bond acceptors (Lipinski definition) is 3. The van der Waals surface area contributed by atoms with E-state index < -0.39 is 0 Å².